The van der Waals surface area contributed by atoms with Gasteiger partial charge in [-0.2, -0.15) is 5.10 Å². The Morgan fingerprint density at radius 1 is 0.879 bits per heavy atom. The maximum atomic E-state index is 13.8. The van der Waals surface area contributed by atoms with Crippen molar-refractivity contribution in [3.05, 3.63) is 83.2 Å². The topological polar surface area (TPSA) is 102 Å². The number of nitrogens with one attached hydrogen (secondary N) is 2. The predicted molar refractivity (Wildman–Crippen MR) is 120 cm³/mol. The van der Waals surface area contributed by atoms with E-state index in [-0.39, 0.29) is 5.69 Å². The first-order valence-corrected chi connectivity index (χ1v) is 11.3. The van der Waals surface area contributed by atoms with E-state index in [1.807, 2.05) is 20.8 Å². The molecule has 0 radical (unpaired) electrons. The summed E-state index contributed by atoms with van der Waals surface area (Å²) in [6.07, 6.45) is 0. The van der Waals surface area contributed by atoms with Crippen molar-refractivity contribution < 1.29 is 17.2 Å². The summed E-state index contributed by atoms with van der Waals surface area (Å²) in [4.78, 5) is -0.640. The third-order valence-corrected chi connectivity index (χ3v) is 6.53. The monoisotopic (exact) mass is 470 g/mol. The molecule has 0 aliphatic carbocycles. The van der Waals surface area contributed by atoms with Gasteiger partial charge in [0.15, 0.2) is 11.6 Å². The van der Waals surface area contributed by atoms with Crippen LogP contribution in [0.5, 0.6) is 0 Å². The lowest BCUT2D eigenvalue weighted by atomic mass is 10.2. The van der Waals surface area contributed by atoms with Crippen LogP contribution < -0.4 is 10.0 Å². The molecule has 11 heteroatoms. The lowest BCUT2D eigenvalue weighted by Crippen LogP contribution is -2.14. The van der Waals surface area contributed by atoms with Crippen molar-refractivity contribution in [1.82, 2.24) is 20.0 Å². The second-order valence-corrected chi connectivity index (χ2v) is 9.02. The van der Waals surface area contributed by atoms with Crippen LogP contribution in [0.3, 0.4) is 0 Å². The molecule has 0 bridgehead atoms. The number of halogens is 2. The molecule has 8 nitrogen and oxygen atoms in total. The fourth-order valence-electron chi connectivity index (χ4n) is 3.12. The molecule has 2 aromatic heterocycles. The number of anilines is 3. The number of benzene rings is 2. The molecule has 0 spiro atoms. The van der Waals surface area contributed by atoms with Crippen LogP contribution in [0.25, 0.3) is 5.82 Å². The number of hydrogen-bond donors (Lipinski definition) is 2. The minimum Gasteiger partial charge on any atom is -0.339 e. The molecule has 2 heterocycles. The SMILES string of the molecule is Cc1nn(-c2ccc(Nc3ccc(NS(=O)(=O)c4ccc(F)cc4F)cc3)nn2)c(C)c1C. The van der Waals surface area contributed by atoms with Crippen molar-refractivity contribution in [3.63, 3.8) is 0 Å². The largest absolute Gasteiger partial charge is 0.339 e. The van der Waals surface area contributed by atoms with E-state index in [1.165, 1.54) is 12.1 Å². The Kier molecular flexibility index (Phi) is 5.81. The average Bonchev–Trinajstić information content (AvgIpc) is 3.02. The van der Waals surface area contributed by atoms with Crippen molar-refractivity contribution in [2.45, 2.75) is 25.7 Å². The molecule has 0 saturated carbocycles. The maximum absolute atomic E-state index is 13.8. The summed E-state index contributed by atoms with van der Waals surface area (Å²) in [5, 5.41) is 15.9. The fraction of sp³-hybridized carbons (Fsp3) is 0.136. The molecule has 0 unspecified atom stereocenters. The van der Waals surface area contributed by atoms with E-state index in [2.05, 4.69) is 25.3 Å². The van der Waals surface area contributed by atoms with E-state index >= 15 is 0 Å². The van der Waals surface area contributed by atoms with Crippen molar-refractivity contribution in [3.8, 4) is 5.82 Å². The van der Waals surface area contributed by atoms with Gasteiger partial charge in [-0.25, -0.2) is 21.9 Å². The van der Waals surface area contributed by atoms with Gasteiger partial charge in [0, 0.05) is 23.1 Å². The zero-order valence-electron chi connectivity index (χ0n) is 18.0. The van der Waals surface area contributed by atoms with E-state index in [4.69, 9.17) is 0 Å². The molecule has 0 saturated heterocycles. The molecular weight excluding hydrogens is 450 g/mol. The molecule has 0 amide bonds. The number of rotatable bonds is 6. The second-order valence-electron chi connectivity index (χ2n) is 7.37. The Balaban J connectivity index is 1.46. The van der Waals surface area contributed by atoms with Gasteiger partial charge in [-0.15, -0.1) is 10.2 Å². The molecule has 4 rings (SSSR count). The quantitative estimate of drug-likeness (QED) is 0.433. The van der Waals surface area contributed by atoms with Gasteiger partial charge in [0.1, 0.15) is 16.5 Å². The number of sulfonamides is 1. The second kappa shape index (κ2) is 8.58. The van der Waals surface area contributed by atoms with Crippen LogP contribution in [0, 0.1) is 32.4 Å². The molecule has 0 fully saturated rings. The Hall–Kier alpha value is -3.86. The first-order valence-electron chi connectivity index (χ1n) is 9.86. The van der Waals surface area contributed by atoms with Crippen LogP contribution in [0.15, 0.2) is 59.5 Å². The van der Waals surface area contributed by atoms with Crippen LogP contribution >= 0.6 is 0 Å². The summed E-state index contributed by atoms with van der Waals surface area (Å²) in [6.45, 7) is 5.89. The van der Waals surface area contributed by atoms with E-state index in [1.54, 1.807) is 28.9 Å². The van der Waals surface area contributed by atoms with Crippen LogP contribution in [0.4, 0.5) is 26.0 Å². The standard InChI is InChI=1S/C22H20F2N6O2S/c1-13-14(2)28-30(15(13)3)22-11-10-21(26-27-22)25-17-5-7-18(8-6-17)29-33(31,32)20-9-4-16(23)12-19(20)24/h4-12,29H,1-3H3,(H,25,26). The number of hydrogen-bond acceptors (Lipinski definition) is 6. The Morgan fingerprint density at radius 2 is 1.58 bits per heavy atom. The molecule has 0 atom stereocenters. The van der Waals surface area contributed by atoms with E-state index in [0.29, 0.717) is 23.4 Å². The van der Waals surface area contributed by atoms with Crippen LogP contribution in [-0.2, 0) is 10.0 Å². The molecule has 2 aromatic carbocycles. The van der Waals surface area contributed by atoms with E-state index in [9.17, 15) is 17.2 Å². The van der Waals surface area contributed by atoms with Crippen LogP contribution in [0.1, 0.15) is 17.0 Å². The summed E-state index contributed by atoms with van der Waals surface area (Å²) in [7, 11) is -4.21. The summed E-state index contributed by atoms with van der Waals surface area (Å²) >= 11 is 0. The van der Waals surface area contributed by atoms with Gasteiger partial charge in [0.05, 0.1) is 5.69 Å². The summed E-state index contributed by atoms with van der Waals surface area (Å²) in [6, 6.07) is 12.1. The highest BCUT2D eigenvalue weighted by Crippen LogP contribution is 2.22. The molecule has 33 heavy (non-hydrogen) atoms. The Morgan fingerprint density at radius 3 is 2.15 bits per heavy atom. The zero-order valence-corrected chi connectivity index (χ0v) is 18.8. The lowest BCUT2D eigenvalue weighted by Gasteiger charge is -2.10. The molecule has 170 valence electrons. The van der Waals surface area contributed by atoms with E-state index in [0.717, 1.165) is 29.1 Å². The highest BCUT2D eigenvalue weighted by Gasteiger charge is 2.19. The summed E-state index contributed by atoms with van der Waals surface area (Å²) in [5.74, 6) is -0.952. The van der Waals surface area contributed by atoms with Crippen molar-refractivity contribution in [2.75, 3.05) is 10.0 Å². The van der Waals surface area contributed by atoms with Crippen molar-refractivity contribution in [1.29, 1.82) is 0 Å². The lowest BCUT2D eigenvalue weighted by molar-refractivity contribution is 0.551. The molecule has 2 N–H and O–H groups in total. The highest BCUT2D eigenvalue weighted by atomic mass is 32.2. The third-order valence-electron chi connectivity index (χ3n) is 5.11. The van der Waals surface area contributed by atoms with Crippen LogP contribution in [-0.4, -0.2) is 28.4 Å². The van der Waals surface area contributed by atoms with E-state index < -0.39 is 26.6 Å². The first-order chi connectivity index (χ1) is 15.6. The van der Waals surface area contributed by atoms with Gasteiger partial charge in [-0.3, -0.25) is 4.72 Å². The van der Waals surface area contributed by atoms with Gasteiger partial charge in [-0.1, -0.05) is 0 Å². The Labute approximate surface area is 189 Å². The van der Waals surface area contributed by atoms with Gasteiger partial charge in [-0.05, 0) is 74.9 Å². The van der Waals surface area contributed by atoms with Gasteiger partial charge in [0.25, 0.3) is 10.0 Å². The first kappa shape index (κ1) is 22.3. The molecular formula is C22H20F2N6O2S. The predicted octanol–water partition coefficient (Wildman–Crippen LogP) is 4.41. The minimum absolute atomic E-state index is 0.214. The Bertz CT molecular complexity index is 1420. The molecule has 4 aromatic rings. The fourth-order valence-corrected chi connectivity index (χ4v) is 4.24. The number of nitrogens with zero attached hydrogens (tertiary/aromatic N) is 4. The third kappa shape index (κ3) is 4.67. The zero-order chi connectivity index (χ0) is 23.8. The smallest absolute Gasteiger partial charge is 0.264 e. The molecule has 0 aliphatic heterocycles. The van der Waals surface area contributed by atoms with Gasteiger partial charge < -0.3 is 5.32 Å². The number of aryl methyl sites for hydroxylation is 1. The van der Waals surface area contributed by atoms with Gasteiger partial charge in [0.2, 0.25) is 0 Å². The summed E-state index contributed by atoms with van der Waals surface area (Å²) in [5.41, 5.74) is 3.85. The summed E-state index contributed by atoms with van der Waals surface area (Å²) < 4.78 is 55.7. The average molecular weight is 471 g/mol. The number of aromatic nitrogens is 4. The highest BCUT2D eigenvalue weighted by molar-refractivity contribution is 7.92. The maximum Gasteiger partial charge on any atom is 0.264 e. The van der Waals surface area contributed by atoms with Crippen molar-refractivity contribution >= 4 is 27.2 Å². The van der Waals surface area contributed by atoms with Crippen LogP contribution in [0.2, 0.25) is 0 Å². The van der Waals surface area contributed by atoms with Gasteiger partial charge >= 0.3 is 0 Å². The van der Waals surface area contributed by atoms with Crippen molar-refractivity contribution in [2.24, 2.45) is 0 Å². The normalized spacial score (nSPS) is 11.4. The molecule has 0 aliphatic rings. The minimum atomic E-state index is -4.21.